The lowest BCUT2D eigenvalue weighted by Gasteiger charge is -2.41. The van der Waals surface area contributed by atoms with Crippen molar-refractivity contribution >= 4 is 5.97 Å². The van der Waals surface area contributed by atoms with Crippen LogP contribution in [0.25, 0.3) is 0 Å². The number of aliphatic hydroxyl groups excluding tert-OH is 1. The maximum Gasteiger partial charge on any atom is 0.302 e. The monoisotopic (exact) mass is 394 g/mol. The fourth-order valence-corrected chi connectivity index (χ4v) is 6.31. The van der Waals surface area contributed by atoms with Crippen LogP contribution in [0.5, 0.6) is 0 Å². The Labute approximate surface area is 167 Å². The number of hydrogen-bond donors (Lipinski definition) is 2. The summed E-state index contributed by atoms with van der Waals surface area (Å²) in [5, 5.41) is 21.0. The summed E-state index contributed by atoms with van der Waals surface area (Å²) in [7, 11) is 0. The van der Waals surface area contributed by atoms with Crippen LogP contribution in [0.2, 0.25) is 0 Å². The van der Waals surface area contributed by atoms with Gasteiger partial charge >= 0.3 is 5.97 Å². The van der Waals surface area contributed by atoms with Gasteiger partial charge in [0.05, 0.1) is 24.4 Å². The average molecular weight is 395 g/mol. The summed E-state index contributed by atoms with van der Waals surface area (Å²) < 4.78 is 18.2. The standard InChI is InChI=1S/C22H34O6/c1-13-6-7-16-21(12-23,27-16)11-18-22(28-18)15(19(3,4)25)8-9-20(22,5)17(10-13)26-14(2)24/h15-18,23,25H,1,6-12H2,2-5H3/t15-,16-,17-,18-,20-,21-,22-/m0/s1. The minimum Gasteiger partial charge on any atom is -0.462 e. The van der Waals surface area contributed by atoms with E-state index in [1.165, 1.54) is 6.92 Å². The summed E-state index contributed by atoms with van der Waals surface area (Å²) in [6.45, 7) is 11.4. The number of esters is 1. The zero-order chi connectivity index (χ0) is 20.5. The lowest BCUT2D eigenvalue weighted by Crippen LogP contribution is -2.52. The van der Waals surface area contributed by atoms with Crippen LogP contribution in [-0.2, 0) is 19.0 Å². The highest BCUT2D eigenvalue weighted by Gasteiger charge is 2.79. The van der Waals surface area contributed by atoms with Crippen molar-refractivity contribution in [2.75, 3.05) is 6.61 Å². The molecule has 2 aliphatic carbocycles. The first-order valence-electron chi connectivity index (χ1n) is 10.5. The third kappa shape index (κ3) is 2.87. The van der Waals surface area contributed by atoms with E-state index >= 15 is 0 Å². The Bertz CT molecular complexity index is 683. The molecule has 0 aromatic rings. The molecule has 2 saturated heterocycles. The highest BCUT2D eigenvalue weighted by Crippen LogP contribution is 2.70. The molecular formula is C22H34O6. The molecule has 7 atom stereocenters. The summed E-state index contributed by atoms with van der Waals surface area (Å²) in [5.74, 6) is -0.374. The molecule has 2 saturated carbocycles. The number of carbonyl (C=O) groups is 1. The normalized spacial score (nSPS) is 48.0. The molecule has 6 nitrogen and oxygen atoms in total. The Morgan fingerprint density at radius 1 is 1.32 bits per heavy atom. The second-order valence-corrected chi connectivity index (χ2v) is 10.2. The van der Waals surface area contributed by atoms with Crippen LogP contribution < -0.4 is 0 Å². The third-order valence-corrected chi connectivity index (χ3v) is 7.93. The van der Waals surface area contributed by atoms with Gasteiger partial charge in [0.15, 0.2) is 0 Å². The van der Waals surface area contributed by atoms with Gasteiger partial charge in [-0.25, -0.2) is 0 Å². The molecule has 0 radical (unpaired) electrons. The van der Waals surface area contributed by atoms with E-state index in [2.05, 4.69) is 13.5 Å². The predicted octanol–water partition coefficient (Wildman–Crippen LogP) is 2.50. The van der Waals surface area contributed by atoms with Crippen molar-refractivity contribution in [2.24, 2.45) is 11.3 Å². The molecule has 4 fully saturated rings. The first-order chi connectivity index (χ1) is 13.0. The van der Waals surface area contributed by atoms with E-state index in [0.717, 1.165) is 31.3 Å². The van der Waals surface area contributed by atoms with Crippen molar-refractivity contribution in [3.8, 4) is 0 Å². The van der Waals surface area contributed by atoms with Gasteiger partial charge in [-0.05, 0) is 39.5 Å². The number of carbonyl (C=O) groups excluding carboxylic acids is 1. The molecule has 0 bridgehead atoms. The first kappa shape index (κ1) is 20.3. The molecule has 0 aromatic carbocycles. The molecule has 1 spiro atoms. The maximum absolute atomic E-state index is 11.9. The summed E-state index contributed by atoms with van der Waals surface area (Å²) in [6.07, 6.45) is 3.94. The van der Waals surface area contributed by atoms with Crippen molar-refractivity contribution in [3.05, 3.63) is 12.2 Å². The molecule has 0 unspecified atom stereocenters. The number of fused-ring (bicyclic) bond motifs is 1. The number of rotatable bonds is 3. The lowest BCUT2D eigenvalue weighted by atomic mass is 9.65. The van der Waals surface area contributed by atoms with E-state index in [-0.39, 0.29) is 36.8 Å². The molecule has 0 aromatic heterocycles. The highest BCUT2D eigenvalue weighted by atomic mass is 16.6. The topological polar surface area (TPSA) is 91.8 Å². The van der Waals surface area contributed by atoms with Crippen LogP contribution in [0.15, 0.2) is 12.2 Å². The SMILES string of the molecule is C=C1CC[C@@H]2O[C@]2(CO)C[C@@H]2O[C@@]23[C@H](C(C)(C)O)CC[C@@]3(C)[C@@H](OC(C)=O)C1. The number of epoxide rings is 2. The Balaban J connectivity index is 1.75. The van der Waals surface area contributed by atoms with Crippen LogP contribution in [0.3, 0.4) is 0 Å². The second kappa shape index (κ2) is 6.27. The van der Waals surface area contributed by atoms with Crippen LogP contribution in [0.4, 0.5) is 0 Å². The van der Waals surface area contributed by atoms with Crippen molar-refractivity contribution in [1.82, 2.24) is 0 Å². The largest absolute Gasteiger partial charge is 0.462 e. The molecule has 158 valence electrons. The van der Waals surface area contributed by atoms with Gasteiger partial charge < -0.3 is 24.4 Å². The number of aliphatic hydroxyl groups is 2. The molecule has 0 amide bonds. The van der Waals surface area contributed by atoms with Gasteiger partial charge in [0.25, 0.3) is 0 Å². The van der Waals surface area contributed by atoms with E-state index in [1.54, 1.807) is 0 Å². The molecule has 4 aliphatic rings. The molecule has 28 heavy (non-hydrogen) atoms. The van der Waals surface area contributed by atoms with Gasteiger partial charge in [0.2, 0.25) is 0 Å². The average Bonchev–Trinajstić information content (AvgIpc) is 3.43. The Hall–Kier alpha value is -0.950. The Morgan fingerprint density at radius 3 is 2.64 bits per heavy atom. The summed E-state index contributed by atoms with van der Waals surface area (Å²) in [4.78, 5) is 11.9. The van der Waals surface area contributed by atoms with Crippen LogP contribution in [0, 0.1) is 11.3 Å². The quantitative estimate of drug-likeness (QED) is 0.434. The summed E-state index contributed by atoms with van der Waals surface area (Å²) in [5.41, 5.74) is -1.46. The van der Waals surface area contributed by atoms with Crippen LogP contribution in [-0.4, -0.2) is 57.9 Å². The van der Waals surface area contributed by atoms with Gasteiger partial charge in [-0.1, -0.05) is 19.1 Å². The smallest absolute Gasteiger partial charge is 0.302 e. The molecule has 6 heteroatoms. The lowest BCUT2D eigenvalue weighted by molar-refractivity contribution is -0.157. The van der Waals surface area contributed by atoms with E-state index in [1.807, 2.05) is 13.8 Å². The van der Waals surface area contributed by atoms with Gasteiger partial charge in [0, 0.05) is 31.1 Å². The molecular weight excluding hydrogens is 360 g/mol. The Morgan fingerprint density at radius 2 is 2.04 bits per heavy atom. The van der Waals surface area contributed by atoms with Crippen molar-refractivity contribution < 1.29 is 29.2 Å². The van der Waals surface area contributed by atoms with Crippen molar-refractivity contribution in [3.63, 3.8) is 0 Å². The Kier molecular flexibility index (Phi) is 4.55. The summed E-state index contributed by atoms with van der Waals surface area (Å²) >= 11 is 0. The van der Waals surface area contributed by atoms with E-state index in [0.29, 0.717) is 12.8 Å². The van der Waals surface area contributed by atoms with Gasteiger partial charge in [-0.15, -0.1) is 0 Å². The molecule has 2 heterocycles. The predicted molar refractivity (Wildman–Crippen MR) is 103 cm³/mol. The minimum absolute atomic E-state index is 0.00835. The number of hydrogen-bond acceptors (Lipinski definition) is 6. The zero-order valence-electron chi connectivity index (χ0n) is 17.5. The van der Waals surface area contributed by atoms with E-state index < -0.39 is 22.2 Å². The fraction of sp³-hybridized carbons (Fsp3) is 0.864. The molecule has 2 aliphatic heterocycles. The van der Waals surface area contributed by atoms with Gasteiger partial charge in [-0.3, -0.25) is 4.79 Å². The van der Waals surface area contributed by atoms with Crippen LogP contribution in [0.1, 0.15) is 66.2 Å². The molecule has 2 N–H and O–H groups in total. The fourth-order valence-electron chi connectivity index (χ4n) is 6.31. The third-order valence-electron chi connectivity index (χ3n) is 7.93. The first-order valence-corrected chi connectivity index (χ1v) is 10.5. The van der Waals surface area contributed by atoms with Crippen molar-refractivity contribution in [2.45, 2.75) is 101 Å². The highest BCUT2D eigenvalue weighted by molar-refractivity contribution is 5.66. The maximum atomic E-state index is 11.9. The van der Waals surface area contributed by atoms with Gasteiger partial charge in [0.1, 0.15) is 17.3 Å². The summed E-state index contributed by atoms with van der Waals surface area (Å²) in [6, 6.07) is 0. The van der Waals surface area contributed by atoms with Gasteiger partial charge in [-0.2, -0.15) is 0 Å². The molecule has 4 rings (SSSR count). The second-order valence-electron chi connectivity index (χ2n) is 10.2. The van der Waals surface area contributed by atoms with Crippen LogP contribution >= 0.6 is 0 Å². The zero-order valence-corrected chi connectivity index (χ0v) is 17.5. The minimum atomic E-state index is -0.916. The van der Waals surface area contributed by atoms with E-state index in [9.17, 15) is 15.0 Å². The number of ether oxygens (including phenoxy) is 3. The van der Waals surface area contributed by atoms with E-state index in [4.69, 9.17) is 14.2 Å². The van der Waals surface area contributed by atoms with Crippen molar-refractivity contribution in [1.29, 1.82) is 0 Å².